The highest BCUT2D eigenvalue weighted by Gasteiger charge is 2.38. The molecule has 0 heterocycles. The van der Waals surface area contributed by atoms with E-state index < -0.39 is 8.32 Å². The molecule has 0 N–H and O–H groups in total. The molecule has 0 unspecified atom stereocenters. The molecule has 0 radical (unpaired) electrons. The first-order valence-corrected chi connectivity index (χ1v) is 11.1. The summed E-state index contributed by atoms with van der Waals surface area (Å²) in [5.41, 5.74) is 0. The van der Waals surface area contributed by atoms with Crippen LogP contribution in [0.5, 0.6) is 0 Å². The molecule has 4 nitrogen and oxygen atoms in total. The minimum atomic E-state index is -1.81. The normalized spacial score (nSPS) is 16.1. The first-order valence-electron chi connectivity index (χ1n) is 8.61. The lowest BCUT2D eigenvalue weighted by atomic mass is 9.92. The van der Waals surface area contributed by atoms with E-state index in [1.165, 1.54) is 12.2 Å². The quantitative estimate of drug-likeness (QED) is 0.317. The van der Waals surface area contributed by atoms with Gasteiger partial charge >= 0.3 is 0 Å². The lowest BCUT2D eigenvalue weighted by molar-refractivity contribution is -0.176. The van der Waals surface area contributed by atoms with Crippen molar-refractivity contribution in [3.8, 4) is 0 Å². The molecule has 0 aromatic carbocycles. The van der Waals surface area contributed by atoms with Crippen LogP contribution in [-0.2, 0) is 14.1 Å². The van der Waals surface area contributed by atoms with E-state index in [0.29, 0.717) is 0 Å². The molecule has 0 saturated carbocycles. The average Bonchev–Trinajstić information content (AvgIpc) is 2.59. The van der Waals surface area contributed by atoms with Crippen LogP contribution in [0.4, 0.5) is 0 Å². The Labute approximate surface area is 143 Å². The van der Waals surface area contributed by atoms with Crippen LogP contribution < -0.4 is 0 Å². The second kappa shape index (κ2) is 10.8. The summed E-state index contributed by atoms with van der Waals surface area (Å²) in [5, 5.41) is 1.29. The van der Waals surface area contributed by atoms with Gasteiger partial charge in [0.15, 0.2) is 8.32 Å². The smallest absolute Gasteiger partial charge is 0.251 e. The fourth-order valence-electron chi connectivity index (χ4n) is 2.83. The second-order valence-electron chi connectivity index (χ2n) is 6.11. The summed E-state index contributed by atoms with van der Waals surface area (Å²) in [4.78, 5) is 17.6. The van der Waals surface area contributed by atoms with Crippen molar-refractivity contribution in [3.63, 3.8) is 0 Å². The number of amides is 1. The number of hydrogen-bond donors (Lipinski definition) is 0. The molecular weight excluding hydrogens is 306 g/mol. The Morgan fingerprint density at radius 3 is 2.13 bits per heavy atom. The summed E-state index contributed by atoms with van der Waals surface area (Å²) in [6.45, 7) is 14.4. The standard InChI is InChI=1S/C18H35NO3Si/c1-9-13-14-15(5)17(16(6)18(20)19(7)21-8)22-23(10-2,11-3)12-4/h9,13-17H,1,10-12H2,2-8H3/b14-13+/t15-,16+,17-/m0/s1. The zero-order chi connectivity index (χ0) is 18.0. The van der Waals surface area contributed by atoms with Crippen molar-refractivity contribution in [3.05, 3.63) is 24.8 Å². The molecule has 23 heavy (non-hydrogen) atoms. The highest BCUT2D eigenvalue weighted by molar-refractivity contribution is 6.73. The number of hydrogen-bond acceptors (Lipinski definition) is 3. The molecule has 0 fully saturated rings. The van der Waals surface area contributed by atoms with E-state index in [1.807, 2.05) is 13.0 Å². The summed E-state index contributed by atoms with van der Waals surface area (Å²) >= 11 is 0. The molecule has 0 saturated heterocycles. The monoisotopic (exact) mass is 341 g/mol. The van der Waals surface area contributed by atoms with E-state index in [4.69, 9.17) is 9.26 Å². The number of carbonyl (C=O) groups excluding carboxylic acids is 1. The molecule has 0 aliphatic rings. The van der Waals surface area contributed by atoms with Gasteiger partial charge in [-0.15, -0.1) is 0 Å². The van der Waals surface area contributed by atoms with Gasteiger partial charge in [0.2, 0.25) is 0 Å². The summed E-state index contributed by atoms with van der Waals surface area (Å²) in [5.74, 6) is -0.183. The maximum absolute atomic E-state index is 12.5. The summed E-state index contributed by atoms with van der Waals surface area (Å²) in [6.07, 6.45) is 5.59. The summed E-state index contributed by atoms with van der Waals surface area (Å²) < 4.78 is 6.67. The zero-order valence-electron chi connectivity index (χ0n) is 16.0. The first-order chi connectivity index (χ1) is 10.8. The Bertz CT molecular complexity index is 385. The van der Waals surface area contributed by atoms with Crippen LogP contribution in [0.3, 0.4) is 0 Å². The lowest BCUT2D eigenvalue weighted by Crippen LogP contribution is -2.48. The van der Waals surface area contributed by atoms with Crippen molar-refractivity contribution >= 4 is 14.2 Å². The number of rotatable bonds is 11. The van der Waals surface area contributed by atoms with E-state index >= 15 is 0 Å². The van der Waals surface area contributed by atoms with Crippen LogP contribution in [-0.4, -0.2) is 39.5 Å². The molecule has 0 aliphatic heterocycles. The third-order valence-electron chi connectivity index (χ3n) is 4.85. The molecule has 5 heteroatoms. The minimum Gasteiger partial charge on any atom is -0.413 e. The molecular formula is C18H35NO3Si. The van der Waals surface area contributed by atoms with Crippen molar-refractivity contribution in [1.82, 2.24) is 5.06 Å². The predicted molar refractivity (Wildman–Crippen MR) is 99.5 cm³/mol. The molecule has 0 aliphatic carbocycles. The Kier molecular flexibility index (Phi) is 10.4. The van der Waals surface area contributed by atoms with Crippen LogP contribution in [0.15, 0.2) is 24.8 Å². The van der Waals surface area contributed by atoms with Gasteiger partial charge in [-0.2, -0.15) is 0 Å². The second-order valence-corrected chi connectivity index (χ2v) is 10.8. The van der Waals surface area contributed by atoms with Crippen molar-refractivity contribution < 1.29 is 14.1 Å². The van der Waals surface area contributed by atoms with Gasteiger partial charge in [0.1, 0.15) is 0 Å². The van der Waals surface area contributed by atoms with Crippen LogP contribution in [0.2, 0.25) is 18.1 Å². The Morgan fingerprint density at radius 1 is 1.22 bits per heavy atom. The molecule has 134 valence electrons. The average molecular weight is 342 g/mol. The third kappa shape index (κ3) is 6.24. The maximum atomic E-state index is 12.5. The number of carbonyl (C=O) groups is 1. The zero-order valence-corrected chi connectivity index (χ0v) is 17.0. The largest absolute Gasteiger partial charge is 0.413 e. The summed E-state index contributed by atoms with van der Waals surface area (Å²) in [6, 6.07) is 3.19. The lowest BCUT2D eigenvalue weighted by Gasteiger charge is -2.38. The molecule has 0 rings (SSSR count). The Hall–Kier alpha value is -0.913. The van der Waals surface area contributed by atoms with E-state index in [9.17, 15) is 4.79 Å². The van der Waals surface area contributed by atoms with Crippen molar-refractivity contribution in [2.45, 2.75) is 58.9 Å². The van der Waals surface area contributed by atoms with Gasteiger partial charge in [0.05, 0.1) is 19.1 Å². The van der Waals surface area contributed by atoms with Gasteiger partial charge in [-0.25, -0.2) is 5.06 Å². The number of hydroxylamine groups is 2. The topological polar surface area (TPSA) is 38.8 Å². The minimum absolute atomic E-state index is 0.0532. The predicted octanol–water partition coefficient (Wildman–Crippen LogP) is 4.41. The molecule has 3 atom stereocenters. The van der Waals surface area contributed by atoms with E-state index in [1.54, 1.807) is 13.1 Å². The van der Waals surface area contributed by atoms with Crippen molar-refractivity contribution in [2.75, 3.05) is 14.2 Å². The van der Waals surface area contributed by atoms with Crippen molar-refractivity contribution in [1.29, 1.82) is 0 Å². The van der Waals surface area contributed by atoms with Gasteiger partial charge < -0.3 is 4.43 Å². The van der Waals surface area contributed by atoms with E-state index in [2.05, 4.69) is 40.3 Å². The fraction of sp³-hybridized carbons (Fsp3) is 0.722. The SMILES string of the molecule is C=C/C=C/[C@H](C)[C@H](O[Si](CC)(CC)CC)[C@@H](C)C(=O)N(C)OC. The molecule has 1 amide bonds. The summed E-state index contributed by atoms with van der Waals surface area (Å²) in [7, 11) is 1.34. The van der Waals surface area contributed by atoms with Crippen LogP contribution in [0.25, 0.3) is 0 Å². The van der Waals surface area contributed by atoms with Gasteiger partial charge in [-0.1, -0.05) is 59.4 Å². The van der Waals surface area contributed by atoms with E-state index in [-0.39, 0.29) is 23.8 Å². The van der Waals surface area contributed by atoms with Gasteiger partial charge in [0, 0.05) is 13.0 Å². The first kappa shape index (κ1) is 22.1. The van der Waals surface area contributed by atoms with Crippen molar-refractivity contribution in [2.24, 2.45) is 11.8 Å². The number of allylic oxidation sites excluding steroid dienone is 2. The van der Waals surface area contributed by atoms with Crippen LogP contribution >= 0.6 is 0 Å². The molecule has 0 aromatic rings. The molecule has 0 bridgehead atoms. The van der Waals surface area contributed by atoms with E-state index in [0.717, 1.165) is 18.1 Å². The van der Waals surface area contributed by atoms with Gasteiger partial charge in [-0.05, 0) is 18.1 Å². The molecule has 0 aromatic heterocycles. The number of nitrogens with zero attached hydrogens (tertiary/aromatic N) is 1. The fourth-order valence-corrected chi connectivity index (χ4v) is 5.83. The maximum Gasteiger partial charge on any atom is 0.251 e. The third-order valence-corrected chi connectivity index (χ3v) is 9.49. The van der Waals surface area contributed by atoms with Crippen LogP contribution in [0.1, 0.15) is 34.6 Å². The Morgan fingerprint density at radius 2 is 1.74 bits per heavy atom. The van der Waals surface area contributed by atoms with Gasteiger partial charge in [-0.3, -0.25) is 9.63 Å². The highest BCUT2D eigenvalue weighted by Crippen LogP contribution is 2.30. The highest BCUT2D eigenvalue weighted by atomic mass is 28.4. The molecule has 0 spiro atoms. The van der Waals surface area contributed by atoms with Gasteiger partial charge in [0.25, 0.3) is 5.91 Å². The van der Waals surface area contributed by atoms with Crippen LogP contribution in [0, 0.1) is 11.8 Å². The Balaban J connectivity index is 5.50.